The van der Waals surface area contributed by atoms with Crippen LogP contribution in [0.15, 0.2) is 18.2 Å². The van der Waals surface area contributed by atoms with Crippen LogP contribution in [-0.2, 0) is 15.9 Å². The Morgan fingerprint density at radius 3 is 1.58 bits per heavy atom. The zero-order valence-corrected chi connectivity index (χ0v) is 21.6. The number of unbranched alkanes of at least 4 members (excludes halogenated alkanes) is 12. The number of hydrogen-bond donors (Lipinski definition) is 0. The number of rotatable bonds is 20. The first-order valence-corrected chi connectivity index (χ1v) is 13.6. The fourth-order valence-electron chi connectivity index (χ4n) is 3.92. The van der Waals surface area contributed by atoms with Gasteiger partial charge in [0, 0.05) is 0 Å². The zero-order valence-electron chi connectivity index (χ0n) is 21.6. The summed E-state index contributed by atoms with van der Waals surface area (Å²) in [6.45, 7) is 7.38. The van der Waals surface area contributed by atoms with Crippen LogP contribution in [0.25, 0.3) is 0 Å². The van der Waals surface area contributed by atoms with Crippen molar-refractivity contribution in [1.29, 1.82) is 0 Å². The summed E-state index contributed by atoms with van der Waals surface area (Å²) in [5.41, 5.74) is 1.75. The average Bonchev–Trinajstić information content (AvgIpc) is 2.82. The average molecular weight is 461 g/mol. The fourth-order valence-corrected chi connectivity index (χ4v) is 3.92. The number of carbonyl (C=O) groups is 2. The monoisotopic (exact) mass is 460 g/mol. The topological polar surface area (TPSA) is 52.6 Å². The second-order valence-electron chi connectivity index (χ2n) is 9.14. The molecule has 1 aromatic carbocycles. The summed E-state index contributed by atoms with van der Waals surface area (Å²) in [5, 5.41) is 0. The summed E-state index contributed by atoms with van der Waals surface area (Å²) in [5.74, 6) is -0.831. The molecule has 0 amide bonds. The third kappa shape index (κ3) is 13.5. The summed E-state index contributed by atoms with van der Waals surface area (Å²) in [6, 6.07) is 5.52. The maximum Gasteiger partial charge on any atom is 0.339 e. The molecule has 0 aliphatic rings. The summed E-state index contributed by atoms with van der Waals surface area (Å²) in [7, 11) is 0. The quantitative estimate of drug-likeness (QED) is 0.145. The Labute approximate surface area is 202 Å². The van der Waals surface area contributed by atoms with Crippen LogP contribution in [0.1, 0.15) is 143 Å². The van der Waals surface area contributed by atoms with Crippen LogP contribution in [-0.4, -0.2) is 25.2 Å². The molecule has 0 bridgehead atoms. The molecule has 0 N–H and O–H groups in total. The minimum atomic E-state index is -0.421. The van der Waals surface area contributed by atoms with Crippen molar-refractivity contribution >= 4 is 11.9 Å². The van der Waals surface area contributed by atoms with E-state index in [4.69, 9.17) is 9.47 Å². The van der Waals surface area contributed by atoms with Gasteiger partial charge in [0.15, 0.2) is 0 Å². The Balaban J connectivity index is 2.64. The summed E-state index contributed by atoms with van der Waals surface area (Å²) >= 11 is 0. The highest BCUT2D eigenvalue weighted by molar-refractivity contribution is 6.03. The van der Waals surface area contributed by atoms with E-state index in [1.165, 1.54) is 51.4 Å². The number of benzene rings is 1. The fraction of sp³-hybridized carbons (Fsp3) is 0.724. The molecule has 0 saturated carbocycles. The normalized spacial score (nSPS) is 10.9. The maximum absolute atomic E-state index is 12.8. The molecule has 1 aromatic rings. The van der Waals surface area contributed by atoms with Gasteiger partial charge in [0.1, 0.15) is 0 Å². The standard InChI is InChI=1S/C29H48O4/c1-4-7-10-12-14-17-22-32-28(30)26-21-20-25(19-16-9-6-3)24-27(26)29(31)33-23-18-15-13-11-8-5-2/h20-21,24H,4-19,22-23H2,1-3H3. The van der Waals surface area contributed by atoms with Crippen LogP contribution >= 0.6 is 0 Å². The van der Waals surface area contributed by atoms with Crippen molar-refractivity contribution in [2.45, 2.75) is 124 Å². The largest absolute Gasteiger partial charge is 0.462 e. The predicted molar refractivity (Wildman–Crippen MR) is 137 cm³/mol. The Hall–Kier alpha value is -1.84. The lowest BCUT2D eigenvalue weighted by Crippen LogP contribution is -2.15. The maximum atomic E-state index is 12.8. The van der Waals surface area contributed by atoms with Gasteiger partial charge in [0.2, 0.25) is 0 Å². The van der Waals surface area contributed by atoms with Crippen LogP contribution in [0.3, 0.4) is 0 Å². The molecule has 0 aromatic heterocycles. The van der Waals surface area contributed by atoms with Crippen molar-refractivity contribution in [2.75, 3.05) is 13.2 Å². The lowest BCUT2D eigenvalue weighted by molar-refractivity contribution is 0.0450. The van der Waals surface area contributed by atoms with E-state index in [9.17, 15) is 9.59 Å². The van der Waals surface area contributed by atoms with Gasteiger partial charge in [-0.15, -0.1) is 0 Å². The van der Waals surface area contributed by atoms with Crippen LogP contribution in [0.2, 0.25) is 0 Å². The molecule has 0 fully saturated rings. The predicted octanol–water partition coefficient (Wildman–Crippen LogP) is 8.45. The van der Waals surface area contributed by atoms with Crippen molar-refractivity contribution in [3.63, 3.8) is 0 Å². The van der Waals surface area contributed by atoms with E-state index in [1.807, 2.05) is 12.1 Å². The van der Waals surface area contributed by atoms with Crippen molar-refractivity contribution in [1.82, 2.24) is 0 Å². The van der Waals surface area contributed by atoms with E-state index in [-0.39, 0.29) is 0 Å². The highest BCUT2D eigenvalue weighted by Crippen LogP contribution is 2.18. The Bertz CT molecular complexity index is 653. The van der Waals surface area contributed by atoms with E-state index in [0.29, 0.717) is 24.3 Å². The molecule has 0 spiro atoms. The van der Waals surface area contributed by atoms with E-state index in [2.05, 4.69) is 20.8 Å². The van der Waals surface area contributed by atoms with Gasteiger partial charge >= 0.3 is 11.9 Å². The van der Waals surface area contributed by atoms with Gasteiger partial charge in [-0.25, -0.2) is 9.59 Å². The summed E-state index contributed by atoms with van der Waals surface area (Å²) in [4.78, 5) is 25.6. The zero-order chi connectivity index (χ0) is 24.2. The van der Waals surface area contributed by atoms with Crippen molar-refractivity contribution in [2.24, 2.45) is 0 Å². The molecule has 4 heteroatoms. The van der Waals surface area contributed by atoms with Gasteiger partial charge in [-0.2, -0.15) is 0 Å². The molecule has 0 heterocycles. The Morgan fingerprint density at radius 2 is 1.03 bits per heavy atom. The van der Waals surface area contributed by atoms with Gasteiger partial charge < -0.3 is 9.47 Å². The number of carbonyl (C=O) groups excluding carboxylic acids is 2. The highest BCUT2D eigenvalue weighted by Gasteiger charge is 2.20. The van der Waals surface area contributed by atoms with Crippen molar-refractivity contribution in [3.05, 3.63) is 34.9 Å². The minimum absolute atomic E-state index is 0.327. The van der Waals surface area contributed by atoms with Gasteiger partial charge in [0.25, 0.3) is 0 Å². The van der Waals surface area contributed by atoms with Gasteiger partial charge in [-0.05, 0) is 43.4 Å². The molecule has 1 rings (SSSR count). The third-order valence-electron chi connectivity index (χ3n) is 6.05. The van der Waals surface area contributed by atoms with Crippen molar-refractivity contribution < 1.29 is 19.1 Å². The highest BCUT2D eigenvalue weighted by atomic mass is 16.5. The lowest BCUT2D eigenvalue weighted by Gasteiger charge is -2.12. The first-order valence-electron chi connectivity index (χ1n) is 13.6. The molecule has 0 saturated heterocycles. The molecular formula is C29H48O4. The SMILES string of the molecule is CCCCCCCCOC(=O)c1ccc(CCCCC)cc1C(=O)OCCCCCCCC. The minimum Gasteiger partial charge on any atom is -0.462 e. The molecule has 188 valence electrons. The van der Waals surface area contributed by atoms with Gasteiger partial charge in [0.05, 0.1) is 24.3 Å². The first kappa shape index (κ1) is 29.2. The number of aryl methyl sites for hydroxylation is 1. The molecule has 0 unspecified atom stereocenters. The van der Waals surface area contributed by atoms with E-state index in [1.54, 1.807) is 6.07 Å². The number of hydrogen-bond acceptors (Lipinski definition) is 4. The van der Waals surface area contributed by atoms with Crippen LogP contribution < -0.4 is 0 Å². The van der Waals surface area contributed by atoms with E-state index in [0.717, 1.165) is 56.9 Å². The lowest BCUT2D eigenvalue weighted by atomic mass is 10.00. The molecule has 4 nitrogen and oxygen atoms in total. The third-order valence-corrected chi connectivity index (χ3v) is 6.05. The van der Waals surface area contributed by atoms with Crippen molar-refractivity contribution in [3.8, 4) is 0 Å². The molecule has 0 radical (unpaired) electrons. The van der Waals surface area contributed by atoms with E-state index < -0.39 is 11.9 Å². The number of ether oxygens (including phenoxy) is 2. The molecule has 0 aliphatic heterocycles. The summed E-state index contributed by atoms with van der Waals surface area (Å²) in [6.07, 6.45) is 17.9. The van der Waals surface area contributed by atoms with Gasteiger partial charge in [-0.3, -0.25) is 0 Å². The van der Waals surface area contributed by atoms with Crippen LogP contribution in [0, 0.1) is 0 Å². The molecule has 33 heavy (non-hydrogen) atoms. The summed E-state index contributed by atoms with van der Waals surface area (Å²) < 4.78 is 11.0. The molecular weight excluding hydrogens is 412 g/mol. The molecule has 0 aliphatic carbocycles. The Kier molecular flexibility index (Phi) is 17.4. The van der Waals surface area contributed by atoms with E-state index >= 15 is 0 Å². The number of esters is 2. The second kappa shape index (κ2) is 19.6. The van der Waals surface area contributed by atoms with Gasteiger partial charge in [-0.1, -0.05) is 104 Å². The smallest absolute Gasteiger partial charge is 0.339 e. The second-order valence-corrected chi connectivity index (χ2v) is 9.14. The molecule has 0 atom stereocenters. The van der Waals surface area contributed by atoms with Crippen LogP contribution in [0.4, 0.5) is 0 Å². The Morgan fingerprint density at radius 1 is 0.576 bits per heavy atom. The van der Waals surface area contributed by atoms with Crippen LogP contribution in [0.5, 0.6) is 0 Å². The first-order chi connectivity index (χ1) is 16.1.